The second-order valence-corrected chi connectivity index (χ2v) is 6.24. The monoisotopic (exact) mass is 253 g/mol. The lowest BCUT2D eigenvalue weighted by atomic mass is 9.72. The fraction of sp³-hybridized carbons (Fsp3) is 0.938. The van der Waals surface area contributed by atoms with Crippen molar-refractivity contribution < 1.29 is 4.79 Å². The number of rotatable bonds is 5. The van der Waals surface area contributed by atoms with Crippen LogP contribution in [-0.4, -0.2) is 23.9 Å². The standard InChI is InChI=1S/C16H31NO/c1-6-15(12(3)4)13-8-10-14(11-9-13)17(5)16(18)7-2/h12-15H,6-11H2,1-5H3. The van der Waals surface area contributed by atoms with Crippen LogP contribution in [0.15, 0.2) is 0 Å². The van der Waals surface area contributed by atoms with Gasteiger partial charge in [-0.25, -0.2) is 0 Å². The number of carbonyl (C=O) groups is 1. The summed E-state index contributed by atoms with van der Waals surface area (Å²) in [4.78, 5) is 13.7. The molecule has 0 N–H and O–H groups in total. The summed E-state index contributed by atoms with van der Waals surface area (Å²) in [5, 5.41) is 0. The Morgan fingerprint density at radius 3 is 2.11 bits per heavy atom. The fourth-order valence-corrected chi connectivity index (χ4v) is 3.72. The zero-order chi connectivity index (χ0) is 13.7. The predicted molar refractivity (Wildman–Crippen MR) is 77.4 cm³/mol. The van der Waals surface area contributed by atoms with Crippen LogP contribution in [0.3, 0.4) is 0 Å². The fourth-order valence-electron chi connectivity index (χ4n) is 3.72. The average Bonchev–Trinajstić information content (AvgIpc) is 2.38. The Hall–Kier alpha value is -0.530. The Morgan fingerprint density at radius 2 is 1.72 bits per heavy atom. The maximum absolute atomic E-state index is 11.7. The number of amides is 1. The molecular formula is C16H31NO. The third-order valence-corrected chi connectivity index (χ3v) is 4.92. The highest BCUT2D eigenvalue weighted by Gasteiger charge is 2.30. The Bertz CT molecular complexity index is 254. The van der Waals surface area contributed by atoms with Gasteiger partial charge in [-0.15, -0.1) is 0 Å². The van der Waals surface area contributed by atoms with Crippen molar-refractivity contribution in [2.24, 2.45) is 17.8 Å². The summed E-state index contributed by atoms with van der Waals surface area (Å²) >= 11 is 0. The zero-order valence-corrected chi connectivity index (χ0v) is 12.9. The molecule has 1 rings (SSSR count). The van der Waals surface area contributed by atoms with Gasteiger partial charge in [0.05, 0.1) is 0 Å². The maximum atomic E-state index is 11.7. The van der Waals surface area contributed by atoms with E-state index in [9.17, 15) is 4.79 Å². The van der Waals surface area contributed by atoms with Gasteiger partial charge in [0.25, 0.3) is 0 Å². The second kappa shape index (κ2) is 7.16. The minimum absolute atomic E-state index is 0.300. The lowest BCUT2D eigenvalue weighted by Gasteiger charge is -2.38. The van der Waals surface area contributed by atoms with Gasteiger partial charge in [-0.05, 0) is 43.4 Å². The first-order valence-electron chi connectivity index (χ1n) is 7.76. The predicted octanol–water partition coefficient (Wildman–Crippen LogP) is 4.10. The van der Waals surface area contributed by atoms with Crippen molar-refractivity contribution in [3.63, 3.8) is 0 Å². The second-order valence-electron chi connectivity index (χ2n) is 6.24. The summed E-state index contributed by atoms with van der Waals surface area (Å²) in [7, 11) is 1.98. The van der Waals surface area contributed by atoms with E-state index in [0.29, 0.717) is 18.4 Å². The molecule has 1 amide bonds. The summed E-state index contributed by atoms with van der Waals surface area (Å²) in [5.41, 5.74) is 0. The summed E-state index contributed by atoms with van der Waals surface area (Å²) in [6.07, 6.45) is 6.97. The van der Waals surface area contributed by atoms with Crippen LogP contribution in [0.25, 0.3) is 0 Å². The molecule has 2 heteroatoms. The Labute approximate surface area is 113 Å². The quantitative estimate of drug-likeness (QED) is 0.722. The van der Waals surface area contributed by atoms with Crippen molar-refractivity contribution in [1.82, 2.24) is 4.90 Å². The molecule has 1 fully saturated rings. The smallest absolute Gasteiger partial charge is 0.222 e. The van der Waals surface area contributed by atoms with E-state index < -0.39 is 0 Å². The molecule has 0 bridgehead atoms. The van der Waals surface area contributed by atoms with Crippen molar-refractivity contribution in [2.75, 3.05) is 7.05 Å². The molecular weight excluding hydrogens is 222 g/mol. The van der Waals surface area contributed by atoms with Crippen LogP contribution in [0.1, 0.15) is 66.2 Å². The normalized spacial score (nSPS) is 26.1. The van der Waals surface area contributed by atoms with Crippen LogP contribution in [0.2, 0.25) is 0 Å². The summed E-state index contributed by atoms with van der Waals surface area (Å²) in [6.45, 7) is 8.99. The van der Waals surface area contributed by atoms with Crippen LogP contribution in [-0.2, 0) is 4.79 Å². The topological polar surface area (TPSA) is 20.3 Å². The summed E-state index contributed by atoms with van der Waals surface area (Å²) < 4.78 is 0. The molecule has 1 aliphatic carbocycles. The van der Waals surface area contributed by atoms with Crippen LogP contribution in [0.4, 0.5) is 0 Å². The van der Waals surface area contributed by atoms with E-state index in [4.69, 9.17) is 0 Å². The molecule has 0 heterocycles. The van der Waals surface area contributed by atoms with E-state index in [1.54, 1.807) is 0 Å². The highest BCUT2D eigenvalue weighted by atomic mass is 16.2. The third-order valence-electron chi connectivity index (χ3n) is 4.92. The molecule has 18 heavy (non-hydrogen) atoms. The van der Waals surface area contributed by atoms with E-state index in [1.165, 1.54) is 32.1 Å². The van der Waals surface area contributed by atoms with Gasteiger partial charge in [-0.1, -0.05) is 34.1 Å². The van der Waals surface area contributed by atoms with Crippen molar-refractivity contribution in [1.29, 1.82) is 0 Å². The van der Waals surface area contributed by atoms with Crippen molar-refractivity contribution >= 4 is 5.91 Å². The van der Waals surface area contributed by atoms with E-state index in [0.717, 1.165) is 17.8 Å². The van der Waals surface area contributed by atoms with Crippen LogP contribution in [0, 0.1) is 17.8 Å². The van der Waals surface area contributed by atoms with Crippen molar-refractivity contribution in [2.45, 2.75) is 72.3 Å². The minimum Gasteiger partial charge on any atom is -0.343 e. The van der Waals surface area contributed by atoms with E-state index >= 15 is 0 Å². The molecule has 2 nitrogen and oxygen atoms in total. The van der Waals surface area contributed by atoms with Gasteiger partial charge >= 0.3 is 0 Å². The molecule has 0 aliphatic heterocycles. The molecule has 0 radical (unpaired) electrons. The third kappa shape index (κ3) is 3.73. The van der Waals surface area contributed by atoms with E-state index in [2.05, 4.69) is 20.8 Å². The number of carbonyl (C=O) groups excluding carboxylic acids is 1. The molecule has 1 aliphatic rings. The van der Waals surface area contributed by atoms with E-state index in [-0.39, 0.29) is 0 Å². The number of hydrogen-bond acceptors (Lipinski definition) is 1. The Kier molecular flexibility index (Phi) is 6.17. The van der Waals surface area contributed by atoms with Gasteiger partial charge < -0.3 is 4.90 Å². The van der Waals surface area contributed by atoms with Gasteiger partial charge in [0.2, 0.25) is 5.91 Å². The molecule has 0 aromatic carbocycles. The largest absolute Gasteiger partial charge is 0.343 e. The molecule has 0 aromatic rings. The first-order chi connectivity index (χ1) is 8.51. The number of nitrogens with zero attached hydrogens (tertiary/aromatic N) is 1. The zero-order valence-electron chi connectivity index (χ0n) is 12.9. The number of hydrogen-bond donors (Lipinski definition) is 0. The first-order valence-corrected chi connectivity index (χ1v) is 7.76. The van der Waals surface area contributed by atoms with Gasteiger partial charge in [0.1, 0.15) is 0 Å². The molecule has 1 atom stereocenters. The molecule has 0 aromatic heterocycles. The van der Waals surface area contributed by atoms with Gasteiger partial charge in [0.15, 0.2) is 0 Å². The molecule has 0 spiro atoms. The SMILES string of the molecule is CCC(=O)N(C)C1CCC(C(CC)C(C)C)CC1. The molecule has 1 saturated carbocycles. The van der Waals surface area contributed by atoms with Crippen LogP contribution < -0.4 is 0 Å². The minimum atomic E-state index is 0.300. The lowest BCUT2D eigenvalue weighted by molar-refractivity contribution is -0.132. The van der Waals surface area contributed by atoms with Crippen molar-refractivity contribution in [3.05, 3.63) is 0 Å². The lowest BCUT2D eigenvalue weighted by Crippen LogP contribution is -2.40. The van der Waals surface area contributed by atoms with Crippen LogP contribution in [0.5, 0.6) is 0 Å². The van der Waals surface area contributed by atoms with Gasteiger partial charge in [-0.3, -0.25) is 4.79 Å². The first kappa shape index (κ1) is 15.5. The van der Waals surface area contributed by atoms with Gasteiger partial charge in [-0.2, -0.15) is 0 Å². The highest BCUT2D eigenvalue weighted by Crippen LogP contribution is 2.37. The summed E-state index contributed by atoms with van der Waals surface area (Å²) in [6, 6.07) is 0.498. The Morgan fingerprint density at radius 1 is 1.17 bits per heavy atom. The summed E-state index contributed by atoms with van der Waals surface area (Å²) in [5.74, 6) is 2.86. The Balaban J connectivity index is 2.47. The van der Waals surface area contributed by atoms with E-state index in [1.807, 2.05) is 18.9 Å². The molecule has 106 valence electrons. The van der Waals surface area contributed by atoms with Gasteiger partial charge in [0, 0.05) is 19.5 Å². The highest BCUT2D eigenvalue weighted by molar-refractivity contribution is 5.75. The average molecular weight is 253 g/mol. The van der Waals surface area contributed by atoms with Crippen molar-refractivity contribution in [3.8, 4) is 0 Å². The van der Waals surface area contributed by atoms with Crippen LogP contribution >= 0.6 is 0 Å². The maximum Gasteiger partial charge on any atom is 0.222 e. The molecule has 1 unspecified atom stereocenters. The molecule has 0 saturated heterocycles.